The molecular formula is C17H20N2O. The maximum atomic E-state index is 12.7. The van der Waals surface area contributed by atoms with E-state index in [1.54, 1.807) is 0 Å². The van der Waals surface area contributed by atoms with Crippen molar-refractivity contribution in [1.82, 2.24) is 9.47 Å². The van der Waals surface area contributed by atoms with Crippen LogP contribution in [0.3, 0.4) is 0 Å². The largest absolute Gasteiger partial charge is 0.351 e. The van der Waals surface area contributed by atoms with Gasteiger partial charge in [-0.15, -0.1) is 0 Å². The van der Waals surface area contributed by atoms with E-state index in [1.807, 2.05) is 37.9 Å². The summed E-state index contributed by atoms with van der Waals surface area (Å²) in [5.74, 6) is 0.153. The highest BCUT2D eigenvalue weighted by Gasteiger charge is 2.24. The van der Waals surface area contributed by atoms with E-state index in [1.165, 1.54) is 11.1 Å². The van der Waals surface area contributed by atoms with Crippen LogP contribution in [0.5, 0.6) is 0 Å². The second-order valence-corrected chi connectivity index (χ2v) is 5.59. The lowest BCUT2D eigenvalue weighted by molar-refractivity contribution is 0.0734. The molecule has 20 heavy (non-hydrogen) atoms. The third-order valence-corrected chi connectivity index (χ3v) is 4.42. The highest BCUT2D eigenvalue weighted by atomic mass is 16.2. The van der Waals surface area contributed by atoms with E-state index in [0.717, 1.165) is 36.5 Å². The first-order valence-electron chi connectivity index (χ1n) is 7.07. The Morgan fingerprint density at radius 1 is 1.15 bits per heavy atom. The number of aryl methyl sites for hydroxylation is 1. The third kappa shape index (κ3) is 2.03. The molecule has 0 bridgehead atoms. The number of aromatic nitrogens is 1. The molecule has 0 atom stereocenters. The topological polar surface area (TPSA) is 25.2 Å². The first kappa shape index (κ1) is 13.0. The zero-order valence-electron chi connectivity index (χ0n) is 12.3. The van der Waals surface area contributed by atoms with Crippen LogP contribution in [0.25, 0.3) is 0 Å². The van der Waals surface area contributed by atoms with Crippen molar-refractivity contribution in [1.29, 1.82) is 0 Å². The van der Waals surface area contributed by atoms with Crippen LogP contribution < -0.4 is 0 Å². The van der Waals surface area contributed by atoms with Gasteiger partial charge in [-0.1, -0.05) is 24.3 Å². The van der Waals surface area contributed by atoms with Crippen LogP contribution in [0.15, 0.2) is 30.3 Å². The fraction of sp³-hybridized carbons (Fsp3) is 0.353. The van der Waals surface area contributed by atoms with E-state index in [2.05, 4.69) is 22.8 Å². The molecule has 1 aromatic heterocycles. The molecule has 1 aliphatic rings. The average molecular weight is 268 g/mol. The molecule has 0 spiro atoms. The Balaban J connectivity index is 1.88. The lowest BCUT2D eigenvalue weighted by atomic mass is 9.99. The highest BCUT2D eigenvalue weighted by molar-refractivity contribution is 5.95. The van der Waals surface area contributed by atoms with Gasteiger partial charge in [-0.2, -0.15) is 0 Å². The summed E-state index contributed by atoms with van der Waals surface area (Å²) < 4.78 is 2.07. The lowest BCUT2D eigenvalue weighted by Crippen LogP contribution is -2.36. The minimum atomic E-state index is 0.153. The second kappa shape index (κ2) is 4.82. The van der Waals surface area contributed by atoms with Crippen molar-refractivity contribution in [2.24, 2.45) is 7.05 Å². The summed E-state index contributed by atoms with van der Waals surface area (Å²) in [7, 11) is 2.01. The van der Waals surface area contributed by atoms with Crippen molar-refractivity contribution >= 4 is 5.91 Å². The van der Waals surface area contributed by atoms with Crippen molar-refractivity contribution in [3.8, 4) is 0 Å². The molecule has 0 unspecified atom stereocenters. The summed E-state index contributed by atoms with van der Waals surface area (Å²) in [5, 5.41) is 0. The fourth-order valence-electron chi connectivity index (χ4n) is 2.91. The third-order valence-electron chi connectivity index (χ3n) is 4.42. The molecule has 0 aliphatic carbocycles. The second-order valence-electron chi connectivity index (χ2n) is 5.59. The van der Waals surface area contributed by atoms with Crippen LogP contribution >= 0.6 is 0 Å². The number of carbonyl (C=O) groups is 1. The predicted molar refractivity (Wildman–Crippen MR) is 79.8 cm³/mol. The van der Waals surface area contributed by atoms with Crippen molar-refractivity contribution in [2.45, 2.75) is 26.8 Å². The maximum Gasteiger partial charge on any atom is 0.255 e. The smallest absolute Gasteiger partial charge is 0.255 e. The van der Waals surface area contributed by atoms with Crippen molar-refractivity contribution in [3.05, 3.63) is 58.4 Å². The van der Waals surface area contributed by atoms with Crippen LogP contribution in [-0.2, 0) is 20.0 Å². The standard InChI is InChI=1S/C17H20N2O/c1-12-10-16(13(2)18(12)3)17(20)19-9-8-14-6-4-5-7-15(14)11-19/h4-7,10H,8-9,11H2,1-3H3. The zero-order chi connectivity index (χ0) is 14.3. The first-order valence-corrected chi connectivity index (χ1v) is 7.07. The van der Waals surface area contributed by atoms with Gasteiger partial charge >= 0.3 is 0 Å². The number of carbonyl (C=O) groups excluding carboxylic acids is 1. The van der Waals surface area contributed by atoms with Crippen LogP contribution in [0.2, 0.25) is 0 Å². The molecule has 104 valence electrons. The van der Waals surface area contributed by atoms with Crippen LogP contribution in [0.4, 0.5) is 0 Å². The number of nitrogens with zero attached hydrogens (tertiary/aromatic N) is 2. The number of hydrogen-bond donors (Lipinski definition) is 0. The molecule has 3 rings (SSSR count). The van der Waals surface area contributed by atoms with E-state index < -0.39 is 0 Å². The van der Waals surface area contributed by atoms with Gasteiger partial charge in [-0.25, -0.2) is 0 Å². The number of amides is 1. The molecule has 0 saturated carbocycles. The van der Waals surface area contributed by atoms with E-state index in [0.29, 0.717) is 0 Å². The Morgan fingerprint density at radius 2 is 1.85 bits per heavy atom. The van der Waals surface area contributed by atoms with Gasteiger partial charge in [0.05, 0.1) is 5.56 Å². The molecule has 1 aliphatic heterocycles. The van der Waals surface area contributed by atoms with Gasteiger partial charge in [0.2, 0.25) is 0 Å². The van der Waals surface area contributed by atoms with E-state index in [9.17, 15) is 4.79 Å². The van der Waals surface area contributed by atoms with Crippen LogP contribution in [-0.4, -0.2) is 21.9 Å². The summed E-state index contributed by atoms with van der Waals surface area (Å²) in [6.07, 6.45) is 0.951. The van der Waals surface area contributed by atoms with Gasteiger partial charge in [0, 0.05) is 31.5 Å². The summed E-state index contributed by atoms with van der Waals surface area (Å²) in [4.78, 5) is 14.7. The number of benzene rings is 1. The Bertz CT molecular complexity index is 670. The van der Waals surface area contributed by atoms with Gasteiger partial charge in [0.25, 0.3) is 5.91 Å². The molecule has 2 heterocycles. The SMILES string of the molecule is Cc1cc(C(=O)N2CCc3ccccc3C2)c(C)n1C. The minimum Gasteiger partial charge on any atom is -0.351 e. The molecule has 1 aromatic carbocycles. The summed E-state index contributed by atoms with van der Waals surface area (Å²) >= 11 is 0. The van der Waals surface area contributed by atoms with Gasteiger partial charge in [-0.05, 0) is 37.5 Å². The van der Waals surface area contributed by atoms with Crippen LogP contribution in [0, 0.1) is 13.8 Å². The molecule has 0 N–H and O–H groups in total. The molecule has 3 nitrogen and oxygen atoms in total. The number of hydrogen-bond acceptors (Lipinski definition) is 1. The van der Waals surface area contributed by atoms with Crippen molar-refractivity contribution in [3.63, 3.8) is 0 Å². The Labute approximate surface area is 119 Å². The molecule has 0 radical (unpaired) electrons. The van der Waals surface area contributed by atoms with E-state index in [-0.39, 0.29) is 5.91 Å². The highest BCUT2D eigenvalue weighted by Crippen LogP contribution is 2.22. The maximum absolute atomic E-state index is 12.7. The summed E-state index contributed by atoms with van der Waals surface area (Å²) in [6.45, 7) is 5.58. The quantitative estimate of drug-likeness (QED) is 0.780. The molecule has 1 amide bonds. The van der Waals surface area contributed by atoms with Gasteiger partial charge in [0.1, 0.15) is 0 Å². The lowest BCUT2D eigenvalue weighted by Gasteiger charge is -2.29. The fourth-order valence-corrected chi connectivity index (χ4v) is 2.91. The number of fused-ring (bicyclic) bond motifs is 1. The molecule has 0 saturated heterocycles. The molecular weight excluding hydrogens is 248 g/mol. The van der Waals surface area contributed by atoms with E-state index in [4.69, 9.17) is 0 Å². The monoisotopic (exact) mass is 268 g/mol. The Kier molecular flexibility index (Phi) is 3.13. The number of rotatable bonds is 1. The zero-order valence-corrected chi connectivity index (χ0v) is 12.3. The average Bonchev–Trinajstić information content (AvgIpc) is 2.73. The molecule has 0 fully saturated rings. The predicted octanol–water partition coefficient (Wildman–Crippen LogP) is 2.84. The normalized spacial score (nSPS) is 14.2. The molecule has 2 aromatic rings. The van der Waals surface area contributed by atoms with E-state index >= 15 is 0 Å². The van der Waals surface area contributed by atoms with Gasteiger partial charge in [0.15, 0.2) is 0 Å². The molecule has 3 heteroatoms. The van der Waals surface area contributed by atoms with Gasteiger partial charge < -0.3 is 9.47 Å². The first-order chi connectivity index (χ1) is 9.58. The summed E-state index contributed by atoms with van der Waals surface area (Å²) in [6, 6.07) is 10.4. The van der Waals surface area contributed by atoms with Crippen molar-refractivity contribution in [2.75, 3.05) is 6.54 Å². The van der Waals surface area contributed by atoms with Crippen LogP contribution in [0.1, 0.15) is 32.9 Å². The minimum absolute atomic E-state index is 0.153. The summed E-state index contributed by atoms with van der Waals surface area (Å²) in [5.41, 5.74) is 5.66. The Hall–Kier alpha value is -2.03. The Morgan fingerprint density at radius 3 is 2.50 bits per heavy atom. The van der Waals surface area contributed by atoms with Crippen molar-refractivity contribution < 1.29 is 4.79 Å². The van der Waals surface area contributed by atoms with Gasteiger partial charge in [-0.3, -0.25) is 4.79 Å².